The lowest BCUT2D eigenvalue weighted by Crippen LogP contribution is -2.44. The molecule has 1 rings (SSSR count). The summed E-state index contributed by atoms with van der Waals surface area (Å²) < 4.78 is 22.9. The highest BCUT2D eigenvalue weighted by Crippen LogP contribution is 2.11. The first kappa shape index (κ1) is 21.4. The molecule has 1 fully saturated rings. The van der Waals surface area contributed by atoms with E-state index in [9.17, 15) is 22.8 Å². The molecule has 11 heteroatoms. The number of sulfone groups is 1. The maximum atomic E-state index is 11.8. The number of nitrogens with zero attached hydrogens (tertiary/aromatic N) is 2. The molecule has 142 valence electrons. The number of hydrazone groups is 1. The van der Waals surface area contributed by atoms with Crippen LogP contribution >= 0.6 is 11.8 Å². The third-order valence-corrected chi connectivity index (χ3v) is 6.29. The molecule has 0 aromatic heterocycles. The fourth-order valence-electron chi connectivity index (χ4n) is 2.16. The molecule has 1 aliphatic rings. The van der Waals surface area contributed by atoms with E-state index in [0.717, 1.165) is 0 Å². The Hall–Kier alpha value is -1.62. The first-order chi connectivity index (χ1) is 11.6. The van der Waals surface area contributed by atoms with E-state index in [0.29, 0.717) is 5.75 Å². The van der Waals surface area contributed by atoms with E-state index >= 15 is 0 Å². The molecule has 0 aliphatic carbocycles. The molecule has 25 heavy (non-hydrogen) atoms. The number of ketones is 1. The lowest BCUT2D eigenvalue weighted by Gasteiger charge is -2.30. The lowest BCUT2D eigenvalue weighted by molar-refractivity contribution is -0.140. The van der Waals surface area contributed by atoms with Gasteiger partial charge in [-0.1, -0.05) is 0 Å². The third kappa shape index (κ3) is 8.34. The highest BCUT2D eigenvalue weighted by Gasteiger charge is 2.27. The van der Waals surface area contributed by atoms with Crippen LogP contribution in [-0.4, -0.2) is 84.0 Å². The molecule has 9 nitrogen and oxygen atoms in total. The molecule has 0 aromatic rings. The Balaban J connectivity index is 2.33. The van der Waals surface area contributed by atoms with E-state index in [1.165, 1.54) is 24.9 Å². The van der Waals surface area contributed by atoms with Crippen molar-refractivity contribution in [2.45, 2.75) is 32.4 Å². The van der Waals surface area contributed by atoms with E-state index in [-0.39, 0.29) is 42.0 Å². The van der Waals surface area contributed by atoms with Gasteiger partial charge < -0.3 is 10.4 Å². The topological polar surface area (TPSA) is 133 Å². The van der Waals surface area contributed by atoms with Crippen LogP contribution in [0.2, 0.25) is 0 Å². The van der Waals surface area contributed by atoms with Gasteiger partial charge >= 0.3 is 5.97 Å². The molecular weight excluding hydrogens is 370 g/mol. The zero-order valence-electron chi connectivity index (χ0n) is 14.2. The summed E-state index contributed by atoms with van der Waals surface area (Å²) >= 11 is 1.25. The fraction of sp³-hybridized carbons (Fsp3) is 0.714. The minimum absolute atomic E-state index is 0.0219. The molecule has 2 atom stereocenters. The van der Waals surface area contributed by atoms with Crippen LogP contribution in [0, 0.1) is 0 Å². The predicted molar refractivity (Wildman–Crippen MR) is 95.5 cm³/mol. The van der Waals surface area contributed by atoms with Crippen molar-refractivity contribution in [2.75, 3.05) is 29.6 Å². The number of carbonyl (C=O) groups is 3. The number of hydrogen-bond acceptors (Lipinski definition) is 8. The van der Waals surface area contributed by atoms with E-state index in [1.807, 2.05) is 0 Å². The smallest absolute Gasteiger partial charge is 0.327 e. The average molecular weight is 393 g/mol. The van der Waals surface area contributed by atoms with Gasteiger partial charge in [-0.05, 0) is 6.92 Å². The Morgan fingerprint density at radius 1 is 1.44 bits per heavy atom. The quantitative estimate of drug-likeness (QED) is 0.391. The maximum Gasteiger partial charge on any atom is 0.327 e. The standard InChI is InChI=1S/C14H23N3O6S2/c1-10-9-25(22,23)6-4-17(10)15-7-12(19)3-5-24-8-13(14(20)21)16-11(2)18/h7,10,13H,3-6,8-9H2,1-2H3,(H,16,18)(H,20,21)/b15-7+/t10?,13-/m0/s1. The van der Waals surface area contributed by atoms with Crippen LogP contribution in [0.25, 0.3) is 0 Å². The van der Waals surface area contributed by atoms with Crippen molar-refractivity contribution in [1.82, 2.24) is 10.3 Å². The molecule has 0 bridgehead atoms. The van der Waals surface area contributed by atoms with Gasteiger partial charge in [0.2, 0.25) is 5.91 Å². The number of amides is 1. The van der Waals surface area contributed by atoms with Crippen LogP contribution in [0.4, 0.5) is 0 Å². The molecule has 0 saturated carbocycles. The number of aliphatic carboxylic acids is 1. The molecule has 0 radical (unpaired) electrons. The monoisotopic (exact) mass is 393 g/mol. The number of thioether (sulfide) groups is 1. The van der Waals surface area contributed by atoms with E-state index in [1.54, 1.807) is 11.9 Å². The van der Waals surface area contributed by atoms with E-state index in [2.05, 4.69) is 10.4 Å². The Kier molecular flexibility index (Phi) is 8.36. The second-order valence-corrected chi connectivity index (χ2v) is 9.13. The third-order valence-electron chi connectivity index (χ3n) is 3.44. The van der Waals surface area contributed by atoms with Gasteiger partial charge in [0, 0.05) is 24.9 Å². The van der Waals surface area contributed by atoms with E-state index in [4.69, 9.17) is 5.11 Å². The largest absolute Gasteiger partial charge is 0.480 e. The molecule has 1 aliphatic heterocycles. The van der Waals surface area contributed by atoms with Gasteiger partial charge in [-0.15, -0.1) is 0 Å². The normalized spacial score (nSPS) is 21.0. The van der Waals surface area contributed by atoms with Gasteiger partial charge in [0.15, 0.2) is 15.6 Å². The summed E-state index contributed by atoms with van der Waals surface area (Å²) in [5.41, 5.74) is 0. The lowest BCUT2D eigenvalue weighted by atomic mass is 10.3. The molecule has 1 heterocycles. The highest BCUT2D eigenvalue weighted by atomic mass is 32.2. The second kappa shape index (κ2) is 9.76. The molecular formula is C14H23N3O6S2. The van der Waals surface area contributed by atoms with Crippen LogP contribution in [-0.2, 0) is 24.2 Å². The minimum atomic E-state index is -3.03. The maximum absolute atomic E-state index is 11.8. The first-order valence-electron chi connectivity index (χ1n) is 7.72. The highest BCUT2D eigenvalue weighted by molar-refractivity contribution is 7.99. The summed E-state index contributed by atoms with van der Waals surface area (Å²) in [6.07, 6.45) is 1.36. The summed E-state index contributed by atoms with van der Waals surface area (Å²) in [5.74, 6) is -1.15. The number of carbonyl (C=O) groups excluding carboxylic acids is 2. The summed E-state index contributed by atoms with van der Waals surface area (Å²) in [4.78, 5) is 33.6. The average Bonchev–Trinajstić information content (AvgIpc) is 2.48. The van der Waals surface area contributed by atoms with Crippen molar-refractivity contribution in [3.63, 3.8) is 0 Å². The Bertz CT molecular complexity index is 634. The van der Waals surface area contributed by atoms with Gasteiger partial charge in [-0.2, -0.15) is 16.9 Å². The van der Waals surface area contributed by atoms with Crippen molar-refractivity contribution in [3.05, 3.63) is 0 Å². The van der Waals surface area contributed by atoms with Crippen LogP contribution in [0.1, 0.15) is 20.3 Å². The second-order valence-electron chi connectivity index (χ2n) is 5.75. The van der Waals surface area contributed by atoms with Gasteiger partial charge in [0.05, 0.1) is 30.3 Å². The Morgan fingerprint density at radius 2 is 2.12 bits per heavy atom. The Labute approximate surface area is 151 Å². The van der Waals surface area contributed by atoms with Crippen LogP contribution in [0.3, 0.4) is 0 Å². The summed E-state index contributed by atoms with van der Waals surface area (Å²) in [5, 5.41) is 16.9. The van der Waals surface area contributed by atoms with Crippen molar-refractivity contribution in [3.8, 4) is 0 Å². The molecule has 1 unspecified atom stereocenters. The molecule has 1 amide bonds. The molecule has 0 aromatic carbocycles. The number of Topliss-reactive ketones (excluding diaryl/α,β-unsaturated/α-hetero) is 1. The predicted octanol–water partition coefficient (Wildman–Crippen LogP) is -0.627. The summed E-state index contributed by atoms with van der Waals surface area (Å²) in [6.45, 7) is 3.24. The van der Waals surface area contributed by atoms with Gasteiger partial charge in [0.25, 0.3) is 0 Å². The number of carboxylic acids is 1. The number of hydrogen-bond donors (Lipinski definition) is 2. The van der Waals surface area contributed by atoms with Crippen LogP contribution in [0.5, 0.6) is 0 Å². The fourth-order valence-corrected chi connectivity index (χ4v) is 4.67. The minimum Gasteiger partial charge on any atom is -0.480 e. The summed E-state index contributed by atoms with van der Waals surface area (Å²) in [6, 6.07) is -1.26. The molecule has 0 spiro atoms. The van der Waals surface area contributed by atoms with Crippen molar-refractivity contribution < 1.29 is 27.9 Å². The van der Waals surface area contributed by atoms with Crippen LogP contribution < -0.4 is 5.32 Å². The molecule has 2 N–H and O–H groups in total. The first-order valence-corrected chi connectivity index (χ1v) is 10.7. The summed E-state index contributed by atoms with van der Waals surface area (Å²) in [7, 11) is -3.03. The SMILES string of the molecule is CC(=O)N[C@@H](CSCCC(=O)/C=N/N1CCS(=O)(=O)CC1C)C(=O)O. The zero-order valence-corrected chi connectivity index (χ0v) is 15.8. The van der Waals surface area contributed by atoms with Crippen molar-refractivity contribution in [2.24, 2.45) is 5.10 Å². The van der Waals surface area contributed by atoms with Crippen LogP contribution in [0.15, 0.2) is 5.10 Å². The number of rotatable bonds is 9. The van der Waals surface area contributed by atoms with E-state index < -0.39 is 27.8 Å². The van der Waals surface area contributed by atoms with Gasteiger partial charge in [-0.25, -0.2) is 13.2 Å². The Morgan fingerprint density at radius 3 is 2.68 bits per heavy atom. The van der Waals surface area contributed by atoms with Crippen molar-refractivity contribution >= 4 is 45.5 Å². The van der Waals surface area contributed by atoms with Crippen molar-refractivity contribution in [1.29, 1.82) is 0 Å². The zero-order chi connectivity index (χ0) is 19.0. The van der Waals surface area contributed by atoms with Gasteiger partial charge in [0.1, 0.15) is 6.04 Å². The molecule has 1 saturated heterocycles. The number of carboxylic acid groups (broad SMARTS) is 1. The number of nitrogens with one attached hydrogen (secondary N) is 1. The van der Waals surface area contributed by atoms with Gasteiger partial charge in [-0.3, -0.25) is 14.6 Å².